The number of hydrazine groups is 1. The van der Waals surface area contributed by atoms with Crippen molar-refractivity contribution in [2.45, 2.75) is 13.0 Å². The third-order valence-electron chi connectivity index (χ3n) is 3.19. The highest BCUT2D eigenvalue weighted by Gasteiger charge is 2.21. The molecule has 1 aromatic heterocycles. The van der Waals surface area contributed by atoms with Crippen molar-refractivity contribution in [2.75, 3.05) is 12.8 Å². The molecule has 102 valence electrons. The highest BCUT2D eigenvalue weighted by Crippen LogP contribution is 2.32. The van der Waals surface area contributed by atoms with Gasteiger partial charge < -0.3 is 10.5 Å². The molecule has 2 rings (SSSR count). The van der Waals surface area contributed by atoms with Crippen LogP contribution in [-0.4, -0.2) is 16.9 Å². The van der Waals surface area contributed by atoms with Crippen LogP contribution in [0.3, 0.4) is 0 Å². The van der Waals surface area contributed by atoms with E-state index >= 15 is 0 Å². The van der Waals surface area contributed by atoms with Gasteiger partial charge in [-0.3, -0.25) is 10.5 Å². The zero-order valence-corrected chi connectivity index (χ0v) is 11.3. The number of rotatable bonds is 4. The van der Waals surface area contributed by atoms with Crippen molar-refractivity contribution < 1.29 is 4.74 Å². The summed E-state index contributed by atoms with van der Waals surface area (Å²) in [5, 5.41) is 4.14. The number of nitrogens with zero attached hydrogens (tertiary/aromatic N) is 2. The van der Waals surface area contributed by atoms with Crippen LogP contribution in [0.25, 0.3) is 0 Å². The summed E-state index contributed by atoms with van der Waals surface area (Å²) in [5.41, 5.74) is 11.7. The Kier molecular flexibility index (Phi) is 3.73. The summed E-state index contributed by atoms with van der Waals surface area (Å²) in [6.07, 6.45) is 1.71. The van der Waals surface area contributed by atoms with Crippen LogP contribution in [0.2, 0.25) is 0 Å². The minimum atomic E-state index is -0.261. The minimum absolute atomic E-state index is 0.261. The van der Waals surface area contributed by atoms with Gasteiger partial charge in [0.2, 0.25) is 0 Å². The Morgan fingerprint density at radius 2 is 2.11 bits per heavy atom. The largest absolute Gasteiger partial charge is 0.496 e. The molecule has 1 heterocycles. The van der Waals surface area contributed by atoms with Gasteiger partial charge in [0.15, 0.2) is 0 Å². The van der Waals surface area contributed by atoms with Crippen molar-refractivity contribution >= 4 is 5.82 Å². The third kappa shape index (κ3) is 2.40. The maximum atomic E-state index is 6.01. The molecule has 1 aromatic carbocycles. The van der Waals surface area contributed by atoms with Crippen molar-refractivity contribution in [3.05, 3.63) is 41.1 Å². The number of ether oxygens (including phenoxy) is 1. The molecule has 0 fully saturated rings. The summed E-state index contributed by atoms with van der Waals surface area (Å²) in [6, 6.07) is 5.67. The summed E-state index contributed by atoms with van der Waals surface area (Å²) in [7, 11) is 3.42. The molecule has 2 aromatic rings. The van der Waals surface area contributed by atoms with E-state index in [0.717, 1.165) is 22.4 Å². The zero-order valence-electron chi connectivity index (χ0n) is 11.3. The van der Waals surface area contributed by atoms with Gasteiger partial charge in [-0.25, -0.2) is 5.43 Å². The van der Waals surface area contributed by atoms with Gasteiger partial charge in [0.25, 0.3) is 0 Å². The van der Waals surface area contributed by atoms with E-state index in [2.05, 4.69) is 10.5 Å². The fourth-order valence-corrected chi connectivity index (χ4v) is 2.11. The Hall–Kier alpha value is -2.05. The average molecular weight is 261 g/mol. The molecular weight excluding hydrogens is 242 g/mol. The van der Waals surface area contributed by atoms with Crippen LogP contribution in [-0.2, 0) is 7.05 Å². The predicted molar refractivity (Wildman–Crippen MR) is 74.5 cm³/mol. The number of nitrogens with one attached hydrogen (secondary N) is 1. The molecule has 6 nitrogen and oxygen atoms in total. The Morgan fingerprint density at radius 3 is 2.63 bits per heavy atom. The van der Waals surface area contributed by atoms with Gasteiger partial charge in [0.05, 0.1) is 19.3 Å². The molecule has 0 aliphatic rings. The Morgan fingerprint density at radius 1 is 1.37 bits per heavy atom. The fourth-order valence-electron chi connectivity index (χ4n) is 2.11. The summed E-state index contributed by atoms with van der Waals surface area (Å²) >= 11 is 0. The lowest BCUT2D eigenvalue weighted by molar-refractivity contribution is 0.404. The number of nitrogen functional groups attached to an aromatic ring is 1. The van der Waals surface area contributed by atoms with E-state index < -0.39 is 0 Å². The second-order valence-corrected chi connectivity index (χ2v) is 4.45. The molecule has 1 atom stereocenters. The second kappa shape index (κ2) is 5.29. The van der Waals surface area contributed by atoms with Gasteiger partial charge in [-0.1, -0.05) is 17.7 Å². The van der Waals surface area contributed by atoms with Crippen LogP contribution in [0.15, 0.2) is 24.4 Å². The van der Waals surface area contributed by atoms with E-state index in [-0.39, 0.29) is 6.04 Å². The SMILES string of the molecule is COc1ccc(C)cc1C(NN)c1cnn(C)c1N. The molecule has 6 heteroatoms. The van der Waals surface area contributed by atoms with E-state index in [4.69, 9.17) is 16.3 Å². The molecule has 5 N–H and O–H groups in total. The molecule has 1 unspecified atom stereocenters. The Balaban J connectivity index is 2.53. The zero-order chi connectivity index (χ0) is 14.0. The van der Waals surface area contributed by atoms with E-state index in [1.54, 1.807) is 25.0 Å². The van der Waals surface area contributed by atoms with Gasteiger partial charge in [0, 0.05) is 18.2 Å². The number of aryl methyl sites for hydroxylation is 2. The van der Waals surface area contributed by atoms with Gasteiger partial charge in [0.1, 0.15) is 11.6 Å². The summed E-state index contributed by atoms with van der Waals surface area (Å²) < 4.78 is 7.00. The van der Waals surface area contributed by atoms with Crippen molar-refractivity contribution in [1.29, 1.82) is 0 Å². The van der Waals surface area contributed by atoms with Crippen LogP contribution in [0.5, 0.6) is 5.75 Å². The molecule has 0 spiro atoms. The number of hydrogen-bond donors (Lipinski definition) is 3. The van der Waals surface area contributed by atoms with Crippen molar-refractivity contribution in [2.24, 2.45) is 12.9 Å². The maximum absolute atomic E-state index is 6.01. The molecular formula is C13H19N5O. The molecule has 0 bridgehead atoms. The average Bonchev–Trinajstić information content (AvgIpc) is 2.72. The first-order chi connectivity index (χ1) is 9.08. The van der Waals surface area contributed by atoms with E-state index in [1.807, 2.05) is 25.1 Å². The number of anilines is 1. The topological polar surface area (TPSA) is 91.1 Å². The smallest absolute Gasteiger partial charge is 0.126 e. The van der Waals surface area contributed by atoms with Gasteiger partial charge in [-0.15, -0.1) is 0 Å². The summed E-state index contributed by atoms with van der Waals surface area (Å²) in [6.45, 7) is 2.02. The predicted octanol–water partition coefficient (Wildman–Crippen LogP) is 0.872. The van der Waals surface area contributed by atoms with E-state index in [9.17, 15) is 0 Å². The first-order valence-corrected chi connectivity index (χ1v) is 5.96. The summed E-state index contributed by atoms with van der Waals surface area (Å²) in [4.78, 5) is 0. The number of aromatic nitrogens is 2. The Labute approximate surface area is 112 Å². The molecule has 0 saturated carbocycles. The van der Waals surface area contributed by atoms with Gasteiger partial charge in [-0.2, -0.15) is 5.10 Å². The van der Waals surface area contributed by atoms with Crippen LogP contribution >= 0.6 is 0 Å². The first kappa shape index (κ1) is 13.4. The number of methoxy groups -OCH3 is 1. The van der Waals surface area contributed by atoms with Crippen molar-refractivity contribution in [3.63, 3.8) is 0 Å². The highest BCUT2D eigenvalue weighted by atomic mass is 16.5. The quantitative estimate of drug-likeness (QED) is 0.561. The molecule has 0 amide bonds. The van der Waals surface area contributed by atoms with Crippen molar-refractivity contribution in [1.82, 2.24) is 15.2 Å². The molecule has 0 saturated heterocycles. The van der Waals surface area contributed by atoms with Gasteiger partial charge >= 0.3 is 0 Å². The van der Waals surface area contributed by atoms with E-state index in [1.165, 1.54) is 0 Å². The second-order valence-electron chi connectivity index (χ2n) is 4.45. The van der Waals surface area contributed by atoms with Crippen LogP contribution in [0.4, 0.5) is 5.82 Å². The lowest BCUT2D eigenvalue weighted by atomic mass is 9.98. The number of nitrogens with two attached hydrogens (primary N) is 2. The van der Waals surface area contributed by atoms with E-state index in [0.29, 0.717) is 5.82 Å². The molecule has 0 aliphatic carbocycles. The lowest BCUT2D eigenvalue weighted by Crippen LogP contribution is -2.29. The standard InChI is InChI=1S/C13H19N5O/c1-8-4-5-11(19-3)9(6-8)12(17-15)10-7-16-18(2)13(10)14/h4-7,12,17H,14-15H2,1-3H3. The fraction of sp³-hybridized carbons (Fsp3) is 0.308. The highest BCUT2D eigenvalue weighted by molar-refractivity contribution is 5.50. The van der Waals surface area contributed by atoms with Crippen LogP contribution in [0.1, 0.15) is 22.7 Å². The normalized spacial score (nSPS) is 12.4. The number of hydrogen-bond acceptors (Lipinski definition) is 5. The third-order valence-corrected chi connectivity index (χ3v) is 3.19. The molecule has 0 radical (unpaired) electrons. The number of benzene rings is 1. The van der Waals surface area contributed by atoms with Crippen LogP contribution < -0.4 is 21.7 Å². The maximum Gasteiger partial charge on any atom is 0.126 e. The molecule has 0 aliphatic heterocycles. The van der Waals surface area contributed by atoms with Crippen molar-refractivity contribution in [3.8, 4) is 5.75 Å². The minimum Gasteiger partial charge on any atom is -0.496 e. The summed E-state index contributed by atoms with van der Waals surface area (Å²) in [5.74, 6) is 7.03. The first-order valence-electron chi connectivity index (χ1n) is 5.96. The van der Waals surface area contributed by atoms with Gasteiger partial charge in [-0.05, 0) is 13.0 Å². The van der Waals surface area contributed by atoms with Crippen LogP contribution in [0, 0.1) is 6.92 Å². The molecule has 19 heavy (non-hydrogen) atoms. The monoisotopic (exact) mass is 261 g/mol. The Bertz CT molecular complexity index is 578. The lowest BCUT2D eigenvalue weighted by Gasteiger charge is -2.19.